The molecule has 0 spiro atoms. The molecular formula is C24H40O6. The largest absolute Gasteiger partial charge is 0.393 e. The van der Waals surface area contributed by atoms with Gasteiger partial charge in [0.15, 0.2) is 0 Å². The molecule has 0 aromatic heterocycles. The van der Waals surface area contributed by atoms with Gasteiger partial charge in [0.2, 0.25) is 0 Å². The maximum Gasteiger partial charge on any atom is 0.342 e. The summed E-state index contributed by atoms with van der Waals surface area (Å²) in [6.45, 7) is 6.69. The molecule has 0 unspecified atom stereocenters. The fraction of sp³-hybridized carbons (Fsp3) is 0.958. The average Bonchev–Trinajstić information content (AvgIpc) is 3.06. The van der Waals surface area contributed by atoms with Gasteiger partial charge in [0.1, 0.15) is 0 Å². The number of carbonyl (C=O) groups is 1. The Morgan fingerprint density at radius 3 is 2.50 bits per heavy atom. The Hall–Kier alpha value is -0.690. The summed E-state index contributed by atoms with van der Waals surface area (Å²) in [5.41, 5.74) is -0.178. The van der Waals surface area contributed by atoms with Crippen molar-refractivity contribution in [1.82, 2.24) is 0 Å². The first-order valence-corrected chi connectivity index (χ1v) is 12.0. The molecule has 0 amide bonds. The molecule has 0 bridgehead atoms. The average molecular weight is 425 g/mol. The van der Waals surface area contributed by atoms with Crippen LogP contribution in [0.2, 0.25) is 0 Å². The van der Waals surface area contributed by atoms with Crippen molar-refractivity contribution in [3.63, 3.8) is 0 Å². The molecule has 0 aromatic carbocycles. The molecule has 4 fully saturated rings. The van der Waals surface area contributed by atoms with Crippen LogP contribution in [0.3, 0.4) is 0 Å². The first kappa shape index (κ1) is 22.5. The van der Waals surface area contributed by atoms with Crippen LogP contribution in [0.25, 0.3) is 0 Å². The summed E-state index contributed by atoms with van der Waals surface area (Å²) in [6.07, 6.45) is 5.85. The summed E-state index contributed by atoms with van der Waals surface area (Å²) in [6, 6.07) is 0. The molecule has 6 nitrogen and oxygen atoms in total. The molecular weight excluding hydrogens is 384 g/mol. The standard InChI is InChI=1S/C24H40O6/c1-13(4-7-21(28)30-29)16-5-6-17-22-18(12-20(27)24(16,17)3)23(2)9-8-15(25)10-14(23)11-19(22)26/h13-20,22,25-27,29H,4-12H2,1-3H3/t13-,14+,15-,16-,17+,18+,19-,20+,22+,23+,24-/m1/s1. The van der Waals surface area contributed by atoms with Gasteiger partial charge in [-0.05, 0) is 97.7 Å². The zero-order valence-corrected chi connectivity index (χ0v) is 18.7. The van der Waals surface area contributed by atoms with Crippen LogP contribution in [0.4, 0.5) is 0 Å². The van der Waals surface area contributed by atoms with Crippen molar-refractivity contribution in [3.8, 4) is 0 Å². The maximum absolute atomic E-state index is 11.5. The summed E-state index contributed by atoms with van der Waals surface area (Å²) in [5.74, 6) is 1.03. The Labute approximate surface area is 179 Å². The van der Waals surface area contributed by atoms with Gasteiger partial charge in [0, 0.05) is 6.42 Å². The summed E-state index contributed by atoms with van der Waals surface area (Å²) in [5, 5.41) is 41.5. The van der Waals surface area contributed by atoms with E-state index in [0.717, 1.165) is 44.9 Å². The fourth-order valence-corrected chi connectivity index (χ4v) is 8.72. The second kappa shape index (κ2) is 8.02. The van der Waals surface area contributed by atoms with Gasteiger partial charge in [-0.2, -0.15) is 5.26 Å². The molecule has 0 aromatic rings. The van der Waals surface area contributed by atoms with E-state index >= 15 is 0 Å². The number of aliphatic hydroxyl groups is 3. The van der Waals surface area contributed by atoms with Crippen molar-refractivity contribution in [2.75, 3.05) is 0 Å². The van der Waals surface area contributed by atoms with Gasteiger partial charge >= 0.3 is 5.97 Å². The van der Waals surface area contributed by atoms with Crippen molar-refractivity contribution in [2.24, 2.45) is 46.3 Å². The lowest BCUT2D eigenvalue weighted by molar-refractivity contribution is -0.234. The lowest BCUT2D eigenvalue weighted by Gasteiger charge is -2.63. The van der Waals surface area contributed by atoms with Crippen molar-refractivity contribution in [2.45, 2.75) is 96.9 Å². The molecule has 0 saturated heterocycles. The van der Waals surface area contributed by atoms with Gasteiger partial charge in [0.25, 0.3) is 0 Å². The molecule has 0 aliphatic heterocycles. The second-order valence-electron chi connectivity index (χ2n) is 11.5. The highest BCUT2D eigenvalue weighted by Gasteiger charge is 2.65. The van der Waals surface area contributed by atoms with Crippen molar-refractivity contribution < 1.29 is 30.3 Å². The number of hydrogen-bond acceptors (Lipinski definition) is 6. The number of hydrogen-bond donors (Lipinski definition) is 4. The van der Waals surface area contributed by atoms with E-state index in [0.29, 0.717) is 18.3 Å². The molecule has 11 atom stereocenters. The summed E-state index contributed by atoms with van der Waals surface area (Å²) in [7, 11) is 0. The van der Waals surface area contributed by atoms with E-state index in [1.807, 2.05) is 0 Å². The molecule has 4 N–H and O–H groups in total. The van der Waals surface area contributed by atoms with Crippen molar-refractivity contribution >= 4 is 5.97 Å². The van der Waals surface area contributed by atoms with Crippen LogP contribution in [0.5, 0.6) is 0 Å². The van der Waals surface area contributed by atoms with Gasteiger partial charge in [-0.1, -0.05) is 20.8 Å². The molecule has 4 aliphatic carbocycles. The smallest absolute Gasteiger partial charge is 0.342 e. The molecule has 6 heteroatoms. The predicted molar refractivity (Wildman–Crippen MR) is 111 cm³/mol. The van der Waals surface area contributed by atoms with E-state index in [9.17, 15) is 20.1 Å². The molecule has 4 rings (SSSR count). The van der Waals surface area contributed by atoms with E-state index in [4.69, 9.17) is 5.26 Å². The van der Waals surface area contributed by atoms with Crippen LogP contribution in [0.1, 0.15) is 78.6 Å². The minimum absolute atomic E-state index is 0.0834. The SMILES string of the molecule is C[C@H](CCC(=O)OO)[C@H]1CC[C@H]2[C@@H]3[C@H](O)C[C@@H]4C[C@H](O)CC[C@]4(C)[C@H]3C[C@H](O)[C@]12C. The minimum Gasteiger partial charge on any atom is -0.393 e. The number of fused-ring (bicyclic) bond motifs is 5. The van der Waals surface area contributed by atoms with E-state index in [1.165, 1.54) is 0 Å². The fourth-order valence-electron chi connectivity index (χ4n) is 8.72. The molecule has 0 heterocycles. The van der Waals surface area contributed by atoms with Crippen LogP contribution in [-0.2, 0) is 9.68 Å². The lowest BCUT2D eigenvalue weighted by Crippen LogP contribution is -2.62. The van der Waals surface area contributed by atoms with Crippen LogP contribution in [-0.4, -0.2) is 44.9 Å². The molecule has 172 valence electrons. The zero-order valence-electron chi connectivity index (χ0n) is 18.7. The highest BCUT2D eigenvalue weighted by Crippen LogP contribution is 2.68. The van der Waals surface area contributed by atoms with Gasteiger partial charge in [-0.3, -0.25) is 0 Å². The lowest BCUT2D eigenvalue weighted by atomic mass is 9.43. The van der Waals surface area contributed by atoms with E-state index in [1.54, 1.807) is 0 Å². The minimum atomic E-state index is -0.605. The first-order chi connectivity index (χ1) is 14.1. The number of rotatable bonds is 4. The zero-order chi connectivity index (χ0) is 21.8. The Morgan fingerprint density at radius 1 is 1.07 bits per heavy atom. The van der Waals surface area contributed by atoms with Crippen LogP contribution >= 0.6 is 0 Å². The summed E-state index contributed by atoms with van der Waals surface area (Å²) in [4.78, 5) is 15.2. The molecule has 4 aliphatic rings. The highest BCUT2D eigenvalue weighted by atomic mass is 17.1. The van der Waals surface area contributed by atoms with Crippen LogP contribution in [0, 0.1) is 46.3 Å². The topological polar surface area (TPSA) is 107 Å². The van der Waals surface area contributed by atoms with E-state index in [-0.39, 0.29) is 53.1 Å². The van der Waals surface area contributed by atoms with Gasteiger partial charge < -0.3 is 20.2 Å². The summed E-state index contributed by atoms with van der Waals surface area (Å²) >= 11 is 0. The van der Waals surface area contributed by atoms with Gasteiger partial charge in [0.05, 0.1) is 18.3 Å². The Morgan fingerprint density at radius 2 is 1.80 bits per heavy atom. The third kappa shape index (κ3) is 3.33. The van der Waals surface area contributed by atoms with E-state index < -0.39 is 12.1 Å². The maximum atomic E-state index is 11.5. The Bertz CT molecular complexity index is 654. The van der Waals surface area contributed by atoms with Crippen LogP contribution < -0.4 is 0 Å². The molecule has 0 radical (unpaired) electrons. The van der Waals surface area contributed by atoms with Crippen LogP contribution in [0.15, 0.2) is 0 Å². The van der Waals surface area contributed by atoms with Gasteiger partial charge in [-0.25, -0.2) is 4.79 Å². The molecule has 4 saturated carbocycles. The third-order valence-electron chi connectivity index (χ3n) is 10.4. The van der Waals surface area contributed by atoms with E-state index in [2.05, 4.69) is 25.7 Å². The van der Waals surface area contributed by atoms with Crippen molar-refractivity contribution in [1.29, 1.82) is 0 Å². The Kier molecular flexibility index (Phi) is 6.02. The third-order valence-corrected chi connectivity index (χ3v) is 10.4. The number of aliphatic hydroxyl groups excluding tert-OH is 3. The van der Waals surface area contributed by atoms with Gasteiger partial charge in [-0.15, -0.1) is 0 Å². The quantitative estimate of drug-likeness (QED) is 0.407. The second-order valence-corrected chi connectivity index (χ2v) is 11.5. The predicted octanol–water partition coefficient (Wildman–Crippen LogP) is 3.38. The molecule has 30 heavy (non-hydrogen) atoms. The summed E-state index contributed by atoms with van der Waals surface area (Å²) < 4.78 is 0. The number of carbonyl (C=O) groups excluding carboxylic acids is 1. The first-order valence-electron chi connectivity index (χ1n) is 12.0. The highest BCUT2D eigenvalue weighted by molar-refractivity contribution is 5.68. The Balaban J connectivity index is 1.58. The normalized spacial score (nSPS) is 51.4. The van der Waals surface area contributed by atoms with Crippen molar-refractivity contribution in [3.05, 3.63) is 0 Å². The monoisotopic (exact) mass is 424 g/mol.